The molecule has 28 heavy (non-hydrogen) atoms. The second-order valence-electron chi connectivity index (χ2n) is 6.80. The molecular weight excluding hydrogens is 370 g/mol. The van der Waals surface area contributed by atoms with E-state index in [-0.39, 0.29) is 23.1 Å². The molecule has 4 rings (SSSR count). The summed E-state index contributed by atoms with van der Waals surface area (Å²) in [5.74, 6) is 0.240. The number of Topliss-reactive ketones (excluding diaryl/α,β-unsaturated/α-hetero) is 1. The predicted octanol–water partition coefficient (Wildman–Crippen LogP) is 4.82. The summed E-state index contributed by atoms with van der Waals surface area (Å²) in [6.07, 6.45) is 2.56. The molecule has 0 spiro atoms. The van der Waals surface area contributed by atoms with Gasteiger partial charge in [-0.25, -0.2) is 4.98 Å². The fourth-order valence-corrected chi connectivity index (χ4v) is 4.29. The maximum Gasteiger partial charge on any atom is 0.262 e. The number of H-pyrrole nitrogens is 1. The Hall–Kier alpha value is -2.86. The molecule has 0 radical (unpaired) electrons. The Labute approximate surface area is 166 Å². The molecule has 0 amide bonds. The molecule has 0 fully saturated rings. The average Bonchev–Trinajstić information content (AvgIpc) is 3.16. The Kier molecular flexibility index (Phi) is 5.05. The second-order valence-corrected chi connectivity index (χ2v) is 7.75. The number of fused-ring (bicyclic) bond motifs is 2. The average molecular weight is 391 g/mol. The Morgan fingerprint density at radius 3 is 2.64 bits per heavy atom. The lowest BCUT2D eigenvalue weighted by atomic mass is 10.1. The first-order valence-electron chi connectivity index (χ1n) is 9.33. The summed E-state index contributed by atoms with van der Waals surface area (Å²) in [7, 11) is 0. The Bertz CT molecular complexity index is 1230. The number of para-hydroxylation sites is 2. The molecule has 2 aromatic heterocycles. The summed E-state index contributed by atoms with van der Waals surface area (Å²) in [6, 6.07) is 15.1. The van der Waals surface area contributed by atoms with Gasteiger partial charge in [-0.05, 0) is 31.5 Å². The fourth-order valence-electron chi connectivity index (χ4n) is 3.31. The highest BCUT2D eigenvalue weighted by Gasteiger charge is 2.18. The van der Waals surface area contributed by atoms with Crippen LogP contribution in [0, 0.1) is 0 Å². The number of carbonyl (C=O) groups excluding carboxylic acids is 1. The fraction of sp³-hybridized carbons (Fsp3) is 0.227. The predicted molar refractivity (Wildman–Crippen MR) is 114 cm³/mol. The second kappa shape index (κ2) is 7.64. The summed E-state index contributed by atoms with van der Waals surface area (Å²) >= 11 is 1.32. The number of ketones is 1. The number of nitrogens with zero attached hydrogens (tertiary/aromatic N) is 2. The summed E-state index contributed by atoms with van der Waals surface area (Å²) in [5.41, 5.74) is 2.22. The monoisotopic (exact) mass is 391 g/mol. The number of thioether (sulfide) groups is 1. The maximum absolute atomic E-state index is 13.0. The molecule has 0 aliphatic heterocycles. The minimum Gasteiger partial charge on any atom is -0.360 e. The van der Waals surface area contributed by atoms with E-state index in [0.717, 1.165) is 17.3 Å². The number of aromatic nitrogens is 3. The Morgan fingerprint density at radius 2 is 1.86 bits per heavy atom. The third kappa shape index (κ3) is 3.24. The van der Waals surface area contributed by atoms with E-state index in [1.807, 2.05) is 56.3 Å². The number of benzene rings is 2. The van der Waals surface area contributed by atoms with Crippen molar-refractivity contribution in [2.75, 3.05) is 5.75 Å². The molecule has 1 atom stereocenters. The van der Waals surface area contributed by atoms with Crippen molar-refractivity contribution in [1.82, 2.24) is 14.5 Å². The van der Waals surface area contributed by atoms with Crippen molar-refractivity contribution in [1.29, 1.82) is 0 Å². The van der Waals surface area contributed by atoms with Crippen LogP contribution in [0.5, 0.6) is 0 Å². The third-order valence-corrected chi connectivity index (χ3v) is 5.98. The van der Waals surface area contributed by atoms with E-state index in [2.05, 4.69) is 9.97 Å². The molecule has 5 nitrogen and oxygen atoms in total. The van der Waals surface area contributed by atoms with Crippen molar-refractivity contribution in [2.45, 2.75) is 31.5 Å². The molecule has 0 saturated heterocycles. The van der Waals surface area contributed by atoms with Gasteiger partial charge in [-0.2, -0.15) is 0 Å². The quantitative estimate of drug-likeness (QED) is 0.291. The first kappa shape index (κ1) is 18.5. The van der Waals surface area contributed by atoms with Crippen LogP contribution in [0.15, 0.2) is 64.7 Å². The Balaban J connectivity index is 1.69. The molecule has 2 heterocycles. The first-order chi connectivity index (χ1) is 13.6. The number of hydrogen-bond acceptors (Lipinski definition) is 4. The summed E-state index contributed by atoms with van der Waals surface area (Å²) in [4.78, 5) is 33.7. The molecule has 4 aromatic rings. The van der Waals surface area contributed by atoms with Gasteiger partial charge >= 0.3 is 0 Å². The topological polar surface area (TPSA) is 67.8 Å². The van der Waals surface area contributed by atoms with Crippen LogP contribution in [0.2, 0.25) is 0 Å². The van der Waals surface area contributed by atoms with E-state index in [4.69, 9.17) is 0 Å². The van der Waals surface area contributed by atoms with Crippen molar-refractivity contribution in [3.8, 4) is 0 Å². The van der Waals surface area contributed by atoms with E-state index in [0.29, 0.717) is 21.6 Å². The van der Waals surface area contributed by atoms with Crippen LogP contribution in [-0.2, 0) is 0 Å². The highest BCUT2D eigenvalue weighted by Crippen LogP contribution is 2.25. The van der Waals surface area contributed by atoms with Gasteiger partial charge in [-0.3, -0.25) is 14.2 Å². The van der Waals surface area contributed by atoms with Crippen LogP contribution in [0.4, 0.5) is 0 Å². The summed E-state index contributed by atoms with van der Waals surface area (Å²) in [6.45, 7) is 4.04. The maximum atomic E-state index is 13.0. The van der Waals surface area contributed by atoms with Crippen molar-refractivity contribution in [3.05, 3.63) is 70.6 Å². The third-order valence-electron chi connectivity index (χ3n) is 5.03. The van der Waals surface area contributed by atoms with Crippen LogP contribution in [0.25, 0.3) is 21.8 Å². The van der Waals surface area contributed by atoms with Crippen molar-refractivity contribution < 1.29 is 4.79 Å². The SMILES string of the molecule is CC[C@H](C)n1c(SCC(=O)c2c[nH]c3ccccc23)nc2ccccc2c1=O. The molecule has 0 saturated carbocycles. The van der Waals surface area contributed by atoms with Gasteiger partial charge in [0.15, 0.2) is 10.9 Å². The van der Waals surface area contributed by atoms with Crippen LogP contribution in [0.1, 0.15) is 36.7 Å². The van der Waals surface area contributed by atoms with Gasteiger partial charge in [0.1, 0.15) is 0 Å². The lowest BCUT2D eigenvalue weighted by Gasteiger charge is -2.18. The van der Waals surface area contributed by atoms with Gasteiger partial charge in [-0.1, -0.05) is 49.0 Å². The Morgan fingerprint density at radius 1 is 1.14 bits per heavy atom. The van der Waals surface area contributed by atoms with Crippen LogP contribution in [-0.4, -0.2) is 26.1 Å². The van der Waals surface area contributed by atoms with Gasteiger partial charge < -0.3 is 4.98 Å². The lowest BCUT2D eigenvalue weighted by Crippen LogP contribution is -2.26. The molecule has 0 aliphatic rings. The largest absolute Gasteiger partial charge is 0.360 e. The number of aromatic amines is 1. The van der Waals surface area contributed by atoms with E-state index < -0.39 is 0 Å². The highest BCUT2D eigenvalue weighted by molar-refractivity contribution is 7.99. The molecule has 0 unspecified atom stereocenters. The smallest absolute Gasteiger partial charge is 0.262 e. The van der Waals surface area contributed by atoms with E-state index in [1.165, 1.54) is 11.8 Å². The number of rotatable bonds is 6. The zero-order chi connectivity index (χ0) is 19.7. The summed E-state index contributed by atoms with van der Waals surface area (Å²) < 4.78 is 1.72. The van der Waals surface area contributed by atoms with Crippen molar-refractivity contribution in [2.24, 2.45) is 0 Å². The zero-order valence-electron chi connectivity index (χ0n) is 15.8. The highest BCUT2D eigenvalue weighted by atomic mass is 32.2. The van der Waals surface area contributed by atoms with Gasteiger partial charge in [0, 0.05) is 28.7 Å². The van der Waals surface area contributed by atoms with E-state index in [1.54, 1.807) is 16.8 Å². The number of carbonyl (C=O) groups is 1. The molecule has 0 aliphatic carbocycles. The number of hydrogen-bond donors (Lipinski definition) is 1. The molecule has 142 valence electrons. The van der Waals surface area contributed by atoms with Crippen molar-refractivity contribution >= 4 is 39.4 Å². The zero-order valence-corrected chi connectivity index (χ0v) is 16.6. The van der Waals surface area contributed by atoms with Crippen LogP contribution < -0.4 is 5.56 Å². The summed E-state index contributed by atoms with van der Waals surface area (Å²) in [5, 5.41) is 2.11. The van der Waals surface area contributed by atoms with Gasteiger partial charge in [0.25, 0.3) is 5.56 Å². The van der Waals surface area contributed by atoms with Gasteiger partial charge in [0.2, 0.25) is 0 Å². The molecule has 0 bridgehead atoms. The van der Waals surface area contributed by atoms with Gasteiger partial charge in [0.05, 0.1) is 16.7 Å². The van der Waals surface area contributed by atoms with Crippen LogP contribution in [0.3, 0.4) is 0 Å². The molecule has 1 N–H and O–H groups in total. The van der Waals surface area contributed by atoms with Gasteiger partial charge in [-0.15, -0.1) is 0 Å². The van der Waals surface area contributed by atoms with Crippen LogP contribution >= 0.6 is 11.8 Å². The van der Waals surface area contributed by atoms with E-state index >= 15 is 0 Å². The first-order valence-corrected chi connectivity index (χ1v) is 10.3. The molecule has 2 aromatic carbocycles. The van der Waals surface area contributed by atoms with Crippen molar-refractivity contribution in [3.63, 3.8) is 0 Å². The molecule has 6 heteroatoms. The standard InChI is InChI=1S/C22H21N3O2S/c1-3-14(2)25-21(27)16-9-5-7-11-19(16)24-22(25)28-13-20(26)17-12-23-18-10-6-4-8-15(17)18/h4-12,14,23H,3,13H2,1-2H3/t14-/m0/s1. The molecular formula is C22H21N3O2S. The van der Waals surface area contributed by atoms with E-state index in [9.17, 15) is 9.59 Å². The normalized spacial score (nSPS) is 12.5. The minimum absolute atomic E-state index is 0.00953. The minimum atomic E-state index is -0.0537. The number of nitrogens with one attached hydrogen (secondary N) is 1. The lowest BCUT2D eigenvalue weighted by molar-refractivity contribution is 0.102.